The molecule has 2 aromatic rings. The minimum Gasteiger partial charge on any atom is -0.352 e. The van der Waals surface area contributed by atoms with Gasteiger partial charge in [-0.3, -0.25) is 13.9 Å². The minimum absolute atomic E-state index is 0.0920. The summed E-state index contributed by atoms with van der Waals surface area (Å²) in [4.78, 5) is 28.5. The standard InChI is InChI=1S/C26H33Cl2N3O4S/c1-3-24(26(33)29-22-7-5-4-6-8-22)30(17-19-9-11-20(27)12-10-19)25(32)18-31(36(2,34)35)23-15-13-21(28)14-16-23/h9-16,22,24H,3-8,17-18H2,1-2H3,(H,29,33)/t24-/m0/s1. The number of nitrogens with one attached hydrogen (secondary N) is 1. The van der Waals surface area contributed by atoms with Crippen LogP contribution in [0.3, 0.4) is 0 Å². The molecule has 0 bridgehead atoms. The van der Waals surface area contributed by atoms with Gasteiger partial charge in [0.1, 0.15) is 12.6 Å². The Hall–Kier alpha value is -2.29. The fourth-order valence-corrected chi connectivity index (χ4v) is 5.57. The van der Waals surface area contributed by atoms with Gasteiger partial charge < -0.3 is 10.2 Å². The highest BCUT2D eigenvalue weighted by molar-refractivity contribution is 7.92. The first-order valence-corrected chi connectivity index (χ1v) is 14.8. The van der Waals surface area contributed by atoms with Gasteiger partial charge in [0.25, 0.3) is 0 Å². The lowest BCUT2D eigenvalue weighted by Crippen LogP contribution is -2.53. The summed E-state index contributed by atoms with van der Waals surface area (Å²) in [5.41, 5.74) is 1.11. The van der Waals surface area contributed by atoms with Crippen LogP contribution in [0.2, 0.25) is 10.0 Å². The summed E-state index contributed by atoms with van der Waals surface area (Å²) in [5, 5.41) is 4.13. The average molecular weight is 555 g/mol. The maximum Gasteiger partial charge on any atom is 0.244 e. The van der Waals surface area contributed by atoms with Gasteiger partial charge in [0, 0.05) is 22.6 Å². The van der Waals surface area contributed by atoms with Crippen molar-refractivity contribution in [3.05, 3.63) is 64.1 Å². The van der Waals surface area contributed by atoms with E-state index in [2.05, 4.69) is 5.32 Å². The van der Waals surface area contributed by atoms with Crippen molar-refractivity contribution in [2.75, 3.05) is 17.1 Å². The molecule has 1 aliphatic rings. The second-order valence-electron chi connectivity index (χ2n) is 9.16. The van der Waals surface area contributed by atoms with E-state index in [9.17, 15) is 18.0 Å². The number of anilines is 1. The number of nitrogens with zero attached hydrogens (tertiary/aromatic N) is 2. The highest BCUT2D eigenvalue weighted by atomic mass is 35.5. The monoisotopic (exact) mass is 553 g/mol. The smallest absolute Gasteiger partial charge is 0.244 e. The predicted molar refractivity (Wildman–Crippen MR) is 145 cm³/mol. The molecular formula is C26H33Cl2N3O4S. The second kappa shape index (κ2) is 12.8. The van der Waals surface area contributed by atoms with Gasteiger partial charge in [0.15, 0.2) is 0 Å². The molecule has 2 amide bonds. The van der Waals surface area contributed by atoms with E-state index >= 15 is 0 Å². The van der Waals surface area contributed by atoms with E-state index in [0.717, 1.165) is 48.2 Å². The number of carbonyl (C=O) groups is 2. The van der Waals surface area contributed by atoms with Crippen molar-refractivity contribution in [3.63, 3.8) is 0 Å². The Morgan fingerprint density at radius 2 is 1.53 bits per heavy atom. The maximum atomic E-state index is 13.7. The number of hydrogen-bond acceptors (Lipinski definition) is 4. The van der Waals surface area contributed by atoms with Crippen LogP contribution in [0.4, 0.5) is 5.69 Å². The van der Waals surface area contributed by atoms with Gasteiger partial charge in [-0.25, -0.2) is 8.42 Å². The van der Waals surface area contributed by atoms with Gasteiger partial charge in [-0.15, -0.1) is 0 Å². The molecule has 0 aromatic heterocycles. The first-order valence-electron chi connectivity index (χ1n) is 12.2. The molecule has 10 heteroatoms. The molecule has 0 unspecified atom stereocenters. The van der Waals surface area contributed by atoms with Crippen molar-refractivity contribution in [3.8, 4) is 0 Å². The molecule has 1 saturated carbocycles. The van der Waals surface area contributed by atoms with Gasteiger partial charge >= 0.3 is 0 Å². The SMILES string of the molecule is CC[C@@H](C(=O)NC1CCCCC1)N(Cc1ccc(Cl)cc1)C(=O)CN(c1ccc(Cl)cc1)S(C)(=O)=O. The van der Waals surface area contributed by atoms with Crippen molar-refractivity contribution < 1.29 is 18.0 Å². The normalized spacial score (nSPS) is 15.2. The van der Waals surface area contributed by atoms with Crippen LogP contribution in [0.15, 0.2) is 48.5 Å². The van der Waals surface area contributed by atoms with Crippen LogP contribution < -0.4 is 9.62 Å². The molecule has 0 saturated heterocycles. The third-order valence-electron chi connectivity index (χ3n) is 6.40. The zero-order valence-corrected chi connectivity index (χ0v) is 23.0. The third kappa shape index (κ3) is 7.85. The summed E-state index contributed by atoms with van der Waals surface area (Å²) in [7, 11) is -3.79. The first kappa shape index (κ1) is 28.3. The number of benzene rings is 2. The Labute approximate surface area is 223 Å². The van der Waals surface area contributed by atoms with Gasteiger partial charge in [-0.05, 0) is 61.2 Å². The number of rotatable bonds is 10. The molecule has 1 aliphatic carbocycles. The number of halogens is 2. The third-order valence-corrected chi connectivity index (χ3v) is 8.04. The molecule has 0 radical (unpaired) electrons. The summed E-state index contributed by atoms with van der Waals surface area (Å²) in [6.07, 6.45) is 6.58. The largest absolute Gasteiger partial charge is 0.352 e. The topological polar surface area (TPSA) is 86.8 Å². The highest BCUT2D eigenvalue weighted by Crippen LogP contribution is 2.23. The van der Waals surface area contributed by atoms with Crippen LogP contribution in [0.1, 0.15) is 51.0 Å². The molecule has 36 heavy (non-hydrogen) atoms. The minimum atomic E-state index is -3.79. The fourth-order valence-electron chi connectivity index (χ4n) is 4.47. The van der Waals surface area contributed by atoms with Crippen molar-refractivity contribution in [1.29, 1.82) is 0 Å². The van der Waals surface area contributed by atoms with E-state index in [1.165, 1.54) is 4.90 Å². The lowest BCUT2D eigenvalue weighted by atomic mass is 9.95. The average Bonchev–Trinajstić information content (AvgIpc) is 2.84. The van der Waals surface area contributed by atoms with Crippen LogP contribution in [-0.2, 0) is 26.2 Å². The Morgan fingerprint density at radius 3 is 2.06 bits per heavy atom. The Kier molecular flexibility index (Phi) is 10.0. The molecule has 0 heterocycles. The van der Waals surface area contributed by atoms with Crippen molar-refractivity contribution >= 4 is 50.7 Å². The van der Waals surface area contributed by atoms with E-state index in [1.54, 1.807) is 48.5 Å². The van der Waals surface area contributed by atoms with Crippen LogP contribution >= 0.6 is 23.2 Å². The van der Waals surface area contributed by atoms with Gasteiger partial charge in [0.05, 0.1) is 11.9 Å². The van der Waals surface area contributed by atoms with Gasteiger partial charge in [-0.2, -0.15) is 0 Å². The lowest BCUT2D eigenvalue weighted by molar-refractivity contribution is -0.140. The number of carbonyl (C=O) groups excluding carboxylic acids is 2. The highest BCUT2D eigenvalue weighted by Gasteiger charge is 2.32. The van der Waals surface area contributed by atoms with E-state index < -0.39 is 28.5 Å². The first-order chi connectivity index (χ1) is 17.1. The van der Waals surface area contributed by atoms with Crippen LogP contribution in [0, 0.1) is 0 Å². The molecule has 1 N–H and O–H groups in total. The molecule has 2 aromatic carbocycles. The molecule has 0 aliphatic heterocycles. The van der Waals surface area contributed by atoms with Crippen molar-refractivity contribution in [2.24, 2.45) is 0 Å². The number of amides is 2. The predicted octanol–water partition coefficient (Wildman–Crippen LogP) is 5.02. The van der Waals surface area contributed by atoms with E-state index in [1.807, 2.05) is 6.92 Å². The van der Waals surface area contributed by atoms with Crippen LogP contribution in [-0.4, -0.2) is 50.0 Å². The Bertz CT molecular complexity index is 1130. The molecule has 196 valence electrons. The molecule has 1 atom stereocenters. The van der Waals surface area contributed by atoms with Crippen LogP contribution in [0.5, 0.6) is 0 Å². The number of hydrogen-bond donors (Lipinski definition) is 1. The molecular weight excluding hydrogens is 521 g/mol. The summed E-state index contributed by atoms with van der Waals surface area (Å²) >= 11 is 12.0. The second-order valence-corrected chi connectivity index (χ2v) is 11.9. The summed E-state index contributed by atoms with van der Waals surface area (Å²) in [5.74, 6) is -0.694. The molecule has 3 rings (SSSR count). The summed E-state index contributed by atoms with van der Waals surface area (Å²) in [6.45, 7) is 1.55. The zero-order chi connectivity index (χ0) is 26.3. The Balaban J connectivity index is 1.89. The maximum absolute atomic E-state index is 13.7. The van der Waals surface area contributed by atoms with Crippen molar-refractivity contribution in [2.45, 2.75) is 64.1 Å². The van der Waals surface area contributed by atoms with E-state index in [4.69, 9.17) is 23.2 Å². The van der Waals surface area contributed by atoms with Crippen LogP contribution in [0.25, 0.3) is 0 Å². The zero-order valence-electron chi connectivity index (χ0n) is 20.6. The van der Waals surface area contributed by atoms with Gasteiger partial charge in [0.2, 0.25) is 21.8 Å². The number of sulfonamides is 1. The van der Waals surface area contributed by atoms with Crippen molar-refractivity contribution in [1.82, 2.24) is 10.2 Å². The molecule has 0 spiro atoms. The summed E-state index contributed by atoms with van der Waals surface area (Å²) < 4.78 is 26.3. The lowest BCUT2D eigenvalue weighted by Gasteiger charge is -2.34. The van der Waals surface area contributed by atoms with Gasteiger partial charge in [-0.1, -0.05) is 61.5 Å². The van der Waals surface area contributed by atoms with E-state index in [-0.39, 0.29) is 18.5 Å². The fraction of sp³-hybridized carbons (Fsp3) is 0.462. The van der Waals surface area contributed by atoms with E-state index in [0.29, 0.717) is 22.2 Å². The molecule has 7 nitrogen and oxygen atoms in total. The summed E-state index contributed by atoms with van der Waals surface area (Å²) in [6, 6.07) is 12.6. The molecule has 1 fully saturated rings. The quantitative estimate of drug-likeness (QED) is 0.447. The Morgan fingerprint density at radius 1 is 0.972 bits per heavy atom.